The normalized spacial score (nSPS) is 17.6. The van der Waals surface area contributed by atoms with Crippen LogP contribution in [0.3, 0.4) is 0 Å². The van der Waals surface area contributed by atoms with E-state index in [4.69, 9.17) is 10.2 Å². The fourth-order valence-corrected chi connectivity index (χ4v) is 5.82. The number of carbonyl (C=O) groups excluding carboxylic acids is 2. The Morgan fingerprint density at radius 2 is 1.90 bits per heavy atom. The second-order valence-electron chi connectivity index (χ2n) is 10.3. The second kappa shape index (κ2) is 10.5. The Kier molecular flexibility index (Phi) is 6.77. The SMILES string of the molecule is Cn1nnc(C(C2CCCC2)N2CCN(C(=O)c3cc(-c4nc5cc(CC(N)=O)ccc5o4)ccn3)CC2)n1. The molecule has 2 N–H and O–H groups in total. The molecule has 4 heterocycles. The van der Waals surface area contributed by atoms with E-state index in [9.17, 15) is 9.59 Å². The Morgan fingerprint density at radius 1 is 1.10 bits per heavy atom. The minimum Gasteiger partial charge on any atom is -0.436 e. The zero-order valence-corrected chi connectivity index (χ0v) is 21.9. The van der Waals surface area contributed by atoms with E-state index in [2.05, 4.69) is 30.3 Å². The van der Waals surface area contributed by atoms with Crippen molar-refractivity contribution in [3.63, 3.8) is 0 Å². The molecule has 12 heteroatoms. The third-order valence-corrected chi connectivity index (χ3v) is 7.69. The first-order valence-electron chi connectivity index (χ1n) is 13.4. The Morgan fingerprint density at radius 3 is 2.62 bits per heavy atom. The highest BCUT2D eigenvalue weighted by molar-refractivity contribution is 5.93. The van der Waals surface area contributed by atoms with Gasteiger partial charge in [-0.25, -0.2) is 4.98 Å². The quantitative estimate of drug-likeness (QED) is 0.380. The fraction of sp³-hybridized carbons (Fsp3) is 0.444. The molecule has 2 fully saturated rings. The number of aromatic nitrogens is 6. The lowest BCUT2D eigenvalue weighted by molar-refractivity contribution is -0.117. The van der Waals surface area contributed by atoms with Crippen LogP contribution in [0.4, 0.5) is 0 Å². The van der Waals surface area contributed by atoms with Gasteiger partial charge in [0, 0.05) is 37.9 Å². The van der Waals surface area contributed by atoms with Crippen LogP contribution in [0.5, 0.6) is 0 Å². The lowest BCUT2D eigenvalue weighted by Crippen LogP contribution is -2.51. The van der Waals surface area contributed by atoms with E-state index in [0.717, 1.165) is 24.5 Å². The summed E-state index contributed by atoms with van der Waals surface area (Å²) in [6, 6.07) is 8.96. The molecule has 0 spiro atoms. The topological polar surface area (TPSA) is 149 Å². The van der Waals surface area contributed by atoms with Crippen molar-refractivity contribution in [1.82, 2.24) is 40.0 Å². The molecule has 1 aliphatic heterocycles. The summed E-state index contributed by atoms with van der Waals surface area (Å²) in [7, 11) is 1.79. The third kappa shape index (κ3) is 5.24. The summed E-state index contributed by atoms with van der Waals surface area (Å²) in [5, 5.41) is 12.9. The van der Waals surface area contributed by atoms with E-state index in [-0.39, 0.29) is 18.4 Å². The molecule has 1 saturated heterocycles. The van der Waals surface area contributed by atoms with E-state index < -0.39 is 5.91 Å². The molecule has 1 unspecified atom stereocenters. The number of carbonyl (C=O) groups is 2. The molecule has 2 amide bonds. The van der Waals surface area contributed by atoms with Crippen LogP contribution in [0.25, 0.3) is 22.6 Å². The van der Waals surface area contributed by atoms with Gasteiger partial charge < -0.3 is 15.1 Å². The number of primary amides is 1. The van der Waals surface area contributed by atoms with Crippen molar-refractivity contribution in [2.45, 2.75) is 38.1 Å². The molecule has 1 atom stereocenters. The summed E-state index contributed by atoms with van der Waals surface area (Å²) in [6.45, 7) is 2.67. The highest BCUT2D eigenvalue weighted by Gasteiger charge is 2.36. The van der Waals surface area contributed by atoms with Crippen LogP contribution in [-0.2, 0) is 18.3 Å². The first kappa shape index (κ1) is 25.1. The average molecular weight is 530 g/mol. The summed E-state index contributed by atoms with van der Waals surface area (Å²) in [6.07, 6.45) is 6.53. The Bertz CT molecular complexity index is 1500. The summed E-state index contributed by atoms with van der Waals surface area (Å²) in [4.78, 5) is 39.4. The molecule has 1 aliphatic carbocycles. The number of aryl methyl sites for hydroxylation is 1. The Balaban J connectivity index is 1.16. The molecule has 3 aromatic heterocycles. The number of fused-ring (bicyclic) bond motifs is 1. The van der Waals surface area contributed by atoms with Crippen molar-refractivity contribution in [2.24, 2.45) is 18.7 Å². The van der Waals surface area contributed by atoms with Crippen molar-refractivity contribution >= 4 is 22.9 Å². The van der Waals surface area contributed by atoms with Gasteiger partial charge in [-0.05, 0) is 53.8 Å². The first-order chi connectivity index (χ1) is 18.9. The van der Waals surface area contributed by atoms with Crippen LogP contribution in [0.2, 0.25) is 0 Å². The van der Waals surface area contributed by atoms with E-state index in [0.29, 0.717) is 47.3 Å². The van der Waals surface area contributed by atoms with Crippen molar-refractivity contribution in [2.75, 3.05) is 26.2 Å². The molecular formula is C27H31N9O3. The maximum Gasteiger partial charge on any atom is 0.272 e. The van der Waals surface area contributed by atoms with E-state index >= 15 is 0 Å². The number of tetrazole rings is 1. The maximum absolute atomic E-state index is 13.4. The van der Waals surface area contributed by atoms with Gasteiger partial charge >= 0.3 is 0 Å². The highest BCUT2D eigenvalue weighted by atomic mass is 16.3. The van der Waals surface area contributed by atoms with Crippen LogP contribution in [0.15, 0.2) is 40.9 Å². The largest absolute Gasteiger partial charge is 0.436 e. The predicted octanol–water partition coefficient (Wildman–Crippen LogP) is 2.13. The molecule has 6 rings (SSSR count). The number of oxazole rings is 1. The van der Waals surface area contributed by atoms with Gasteiger partial charge in [-0.15, -0.1) is 10.2 Å². The van der Waals surface area contributed by atoms with Gasteiger partial charge in [-0.2, -0.15) is 4.80 Å². The number of nitrogens with zero attached hydrogens (tertiary/aromatic N) is 8. The van der Waals surface area contributed by atoms with Gasteiger partial charge in [-0.3, -0.25) is 19.5 Å². The van der Waals surface area contributed by atoms with Crippen molar-refractivity contribution in [3.05, 3.63) is 53.6 Å². The van der Waals surface area contributed by atoms with Gasteiger partial charge in [-0.1, -0.05) is 18.9 Å². The Labute approximate surface area is 225 Å². The third-order valence-electron chi connectivity index (χ3n) is 7.69. The maximum atomic E-state index is 13.4. The van der Waals surface area contributed by atoms with Gasteiger partial charge in [0.15, 0.2) is 11.4 Å². The zero-order chi connectivity index (χ0) is 26.9. The van der Waals surface area contributed by atoms with Gasteiger partial charge in [0.05, 0.1) is 19.5 Å². The van der Waals surface area contributed by atoms with Crippen molar-refractivity contribution in [1.29, 1.82) is 0 Å². The lowest BCUT2D eigenvalue weighted by atomic mass is 9.95. The molecule has 12 nitrogen and oxygen atoms in total. The van der Waals surface area contributed by atoms with Gasteiger partial charge in [0.25, 0.3) is 5.91 Å². The summed E-state index contributed by atoms with van der Waals surface area (Å²) >= 11 is 0. The fourth-order valence-electron chi connectivity index (χ4n) is 5.82. The molecule has 1 aromatic carbocycles. The van der Waals surface area contributed by atoms with Crippen LogP contribution in [-0.4, -0.2) is 78.0 Å². The zero-order valence-electron chi connectivity index (χ0n) is 21.9. The van der Waals surface area contributed by atoms with E-state index in [1.165, 1.54) is 30.5 Å². The highest BCUT2D eigenvalue weighted by Crippen LogP contribution is 2.38. The van der Waals surface area contributed by atoms with Crippen LogP contribution < -0.4 is 5.73 Å². The molecule has 2 aliphatic rings. The average Bonchev–Trinajstić information content (AvgIpc) is 3.70. The summed E-state index contributed by atoms with van der Waals surface area (Å²) in [5.41, 5.74) is 8.31. The van der Waals surface area contributed by atoms with Crippen molar-refractivity contribution in [3.8, 4) is 11.5 Å². The molecule has 1 saturated carbocycles. The second-order valence-corrected chi connectivity index (χ2v) is 10.3. The predicted molar refractivity (Wildman–Crippen MR) is 141 cm³/mol. The number of hydrogen-bond donors (Lipinski definition) is 1. The number of rotatable bonds is 7. The number of amides is 2. The van der Waals surface area contributed by atoms with Crippen LogP contribution in [0, 0.1) is 5.92 Å². The van der Waals surface area contributed by atoms with E-state index in [1.807, 2.05) is 4.90 Å². The number of hydrogen-bond acceptors (Lipinski definition) is 9. The number of pyridine rings is 1. The van der Waals surface area contributed by atoms with Gasteiger partial charge in [0.2, 0.25) is 11.8 Å². The number of nitrogens with two attached hydrogens (primary N) is 1. The molecule has 4 aromatic rings. The number of piperazine rings is 1. The molecule has 0 radical (unpaired) electrons. The van der Waals surface area contributed by atoms with E-state index in [1.54, 1.807) is 43.6 Å². The number of benzene rings is 1. The minimum atomic E-state index is -0.407. The monoisotopic (exact) mass is 529 g/mol. The first-order valence-corrected chi connectivity index (χ1v) is 13.4. The molecule has 0 bridgehead atoms. The molecule has 39 heavy (non-hydrogen) atoms. The van der Waals surface area contributed by atoms with Gasteiger partial charge in [0.1, 0.15) is 11.2 Å². The van der Waals surface area contributed by atoms with Crippen molar-refractivity contribution < 1.29 is 14.0 Å². The minimum absolute atomic E-state index is 0.119. The van der Waals surface area contributed by atoms with Crippen LogP contribution >= 0.6 is 0 Å². The van der Waals surface area contributed by atoms with Crippen LogP contribution in [0.1, 0.15) is 53.6 Å². The summed E-state index contributed by atoms with van der Waals surface area (Å²) < 4.78 is 5.92. The lowest BCUT2D eigenvalue weighted by Gasteiger charge is -2.40. The standard InChI is InChI=1S/C27H31N9O3/c1-34-32-25(31-33-34)24(18-4-2-3-5-18)35-10-12-36(13-11-35)27(38)21-16-19(8-9-29-21)26-30-20-14-17(15-23(28)37)6-7-22(20)39-26/h6-9,14,16,18,24H,2-5,10-13,15H2,1H3,(H2,28,37). The smallest absolute Gasteiger partial charge is 0.272 e. The molecular weight excluding hydrogens is 498 g/mol. The Hall–Kier alpha value is -4.19. The summed E-state index contributed by atoms with van der Waals surface area (Å²) in [5.74, 6) is 1.15. The molecule has 202 valence electrons.